The van der Waals surface area contributed by atoms with E-state index in [2.05, 4.69) is 62.1 Å². The molecule has 3 aromatic rings. The Morgan fingerprint density at radius 1 is 1.07 bits per heavy atom. The molecule has 146 valence electrons. The lowest BCUT2D eigenvalue weighted by Gasteiger charge is -2.34. The van der Waals surface area contributed by atoms with Crippen LogP contribution >= 0.6 is 11.3 Å². The summed E-state index contributed by atoms with van der Waals surface area (Å²) in [5.74, 6) is 0.225. The Morgan fingerprint density at radius 2 is 1.86 bits per heavy atom. The molecule has 28 heavy (non-hydrogen) atoms. The molecule has 4 rings (SSSR count). The van der Waals surface area contributed by atoms with E-state index in [1.54, 1.807) is 11.3 Å². The monoisotopic (exact) mass is 393 g/mol. The highest BCUT2D eigenvalue weighted by molar-refractivity contribution is 7.22. The van der Waals surface area contributed by atoms with Crippen molar-refractivity contribution in [2.24, 2.45) is 0 Å². The second-order valence-corrected chi connectivity index (χ2v) is 8.64. The minimum absolute atomic E-state index is 0.225. The van der Waals surface area contributed by atoms with Crippen molar-refractivity contribution in [3.63, 3.8) is 0 Å². The highest BCUT2D eigenvalue weighted by atomic mass is 32.1. The molecule has 0 N–H and O–H groups in total. The number of hydrogen-bond acceptors (Lipinski definition) is 4. The van der Waals surface area contributed by atoms with Gasteiger partial charge < -0.3 is 9.80 Å². The maximum absolute atomic E-state index is 12.8. The van der Waals surface area contributed by atoms with Crippen LogP contribution < -0.4 is 4.90 Å². The maximum Gasteiger partial charge on any atom is 0.227 e. The summed E-state index contributed by atoms with van der Waals surface area (Å²) >= 11 is 1.76. The van der Waals surface area contributed by atoms with Crippen LogP contribution in [0, 0.1) is 13.8 Å². The van der Waals surface area contributed by atoms with Crippen LogP contribution in [0.15, 0.2) is 36.4 Å². The van der Waals surface area contributed by atoms with Gasteiger partial charge >= 0.3 is 0 Å². The highest BCUT2D eigenvalue weighted by Crippen LogP contribution is 2.30. The molecule has 1 aromatic heterocycles. The predicted octanol–water partition coefficient (Wildman–Crippen LogP) is 4.37. The number of carbonyl (C=O) groups excluding carboxylic acids is 1. The number of benzene rings is 2. The fourth-order valence-corrected chi connectivity index (χ4v) is 4.86. The SMILES string of the molecule is CCc1ccc2nc(N3CCN(C(=O)Cc4ccc(C)cc4C)CC3)sc2c1. The van der Waals surface area contributed by atoms with E-state index >= 15 is 0 Å². The largest absolute Gasteiger partial charge is 0.345 e. The Hall–Kier alpha value is -2.40. The molecule has 2 aromatic carbocycles. The Kier molecular flexibility index (Phi) is 5.36. The third-order valence-electron chi connectivity index (χ3n) is 5.59. The molecule has 1 aliphatic heterocycles. The number of fused-ring (bicyclic) bond motifs is 1. The molecule has 0 atom stereocenters. The molecule has 0 spiro atoms. The Bertz CT molecular complexity index is 1000. The van der Waals surface area contributed by atoms with Gasteiger partial charge in [0, 0.05) is 26.2 Å². The average Bonchev–Trinajstić information content (AvgIpc) is 3.13. The molecule has 0 aliphatic carbocycles. The fraction of sp³-hybridized carbons (Fsp3) is 0.391. The van der Waals surface area contributed by atoms with Crippen molar-refractivity contribution in [1.29, 1.82) is 0 Å². The van der Waals surface area contributed by atoms with Crippen molar-refractivity contribution in [1.82, 2.24) is 9.88 Å². The molecular weight excluding hydrogens is 366 g/mol. The first-order valence-electron chi connectivity index (χ1n) is 10.0. The fourth-order valence-electron chi connectivity index (χ4n) is 3.78. The van der Waals surface area contributed by atoms with E-state index in [-0.39, 0.29) is 5.91 Å². The van der Waals surface area contributed by atoms with Crippen molar-refractivity contribution in [3.05, 3.63) is 58.7 Å². The summed E-state index contributed by atoms with van der Waals surface area (Å²) in [5.41, 5.74) is 6.00. The van der Waals surface area contributed by atoms with Gasteiger partial charge in [-0.3, -0.25) is 4.79 Å². The molecule has 0 radical (unpaired) electrons. The van der Waals surface area contributed by atoms with Crippen molar-refractivity contribution in [3.8, 4) is 0 Å². The van der Waals surface area contributed by atoms with Gasteiger partial charge in [0.1, 0.15) is 0 Å². The Balaban J connectivity index is 1.39. The number of amides is 1. The van der Waals surface area contributed by atoms with Gasteiger partial charge in [-0.25, -0.2) is 4.98 Å². The molecule has 5 heteroatoms. The summed E-state index contributed by atoms with van der Waals surface area (Å²) in [7, 11) is 0. The number of carbonyl (C=O) groups is 1. The first kappa shape index (κ1) is 18.9. The number of aryl methyl sites for hydroxylation is 3. The van der Waals surface area contributed by atoms with Crippen LogP contribution in [-0.2, 0) is 17.6 Å². The molecular formula is C23H27N3OS. The molecule has 0 saturated carbocycles. The van der Waals surface area contributed by atoms with Gasteiger partial charge in [-0.1, -0.05) is 48.1 Å². The molecule has 0 bridgehead atoms. The summed E-state index contributed by atoms with van der Waals surface area (Å²) in [6.45, 7) is 9.57. The third kappa shape index (κ3) is 3.90. The van der Waals surface area contributed by atoms with Crippen molar-refractivity contribution in [2.75, 3.05) is 31.1 Å². The van der Waals surface area contributed by atoms with E-state index in [0.29, 0.717) is 6.42 Å². The van der Waals surface area contributed by atoms with Gasteiger partial charge in [0.05, 0.1) is 16.6 Å². The second-order valence-electron chi connectivity index (χ2n) is 7.63. The minimum atomic E-state index is 0.225. The normalized spacial score (nSPS) is 14.7. The van der Waals surface area contributed by atoms with Gasteiger partial charge in [-0.2, -0.15) is 0 Å². The van der Waals surface area contributed by atoms with Crippen LogP contribution in [0.3, 0.4) is 0 Å². The molecule has 1 aliphatic rings. The smallest absolute Gasteiger partial charge is 0.227 e. The summed E-state index contributed by atoms with van der Waals surface area (Å²) < 4.78 is 1.25. The number of piperazine rings is 1. The minimum Gasteiger partial charge on any atom is -0.345 e. The first-order chi connectivity index (χ1) is 13.5. The van der Waals surface area contributed by atoms with E-state index in [9.17, 15) is 4.79 Å². The van der Waals surface area contributed by atoms with Crippen LogP contribution in [-0.4, -0.2) is 42.0 Å². The molecule has 4 nitrogen and oxygen atoms in total. The Labute approximate surface area is 170 Å². The van der Waals surface area contributed by atoms with Crippen LogP contribution in [0.2, 0.25) is 0 Å². The van der Waals surface area contributed by atoms with E-state index < -0.39 is 0 Å². The number of hydrogen-bond donors (Lipinski definition) is 0. The average molecular weight is 394 g/mol. The second kappa shape index (κ2) is 7.92. The highest BCUT2D eigenvalue weighted by Gasteiger charge is 2.23. The molecule has 0 unspecified atom stereocenters. The third-order valence-corrected chi connectivity index (χ3v) is 6.67. The Morgan fingerprint density at radius 3 is 2.57 bits per heavy atom. The number of nitrogens with zero attached hydrogens (tertiary/aromatic N) is 3. The zero-order valence-corrected chi connectivity index (χ0v) is 17.7. The summed E-state index contributed by atoms with van der Waals surface area (Å²) in [5, 5.41) is 1.07. The molecule has 1 saturated heterocycles. The zero-order chi connectivity index (χ0) is 19.7. The van der Waals surface area contributed by atoms with Gasteiger partial charge in [0.15, 0.2) is 5.13 Å². The zero-order valence-electron chi connectivity index (χ0n) is 16.9. The predicted molar refractivity (Wildman–Crippen MR) is 117 cm³/mol. The lowest BCUT2D eigenvalue weighted by atomic mass is 10.0. The van der Waals surface area contributed by atoms with E-state index in [1.165, 1.54) is 21.4 Å². The quantitative estimate of drug-likeness (QED) is 0.660. The van der Waals surface area contributed by atoms with Crippen molar-refractivity contribution < 1.29 is 4.79 Å². The summed E-state index contributed by atoms with van der Waals surface area (Å²) in [6.07, 6.45) is 1.54. The van der Waals surface area contributed by atoms with E-state index in [4.69, 9.17) is 4.98 Å². The maximum atomic E-state index is 12.8. The summed E-state index contributed by atoms with van der Waals surface area (Å²) in [6, 6.07) is 12.9. The number of aromatic nitrogens is 1. The molecule has 1 amide bonds. The molecule has 2 heterocycles. The van der Waals surface area contributed by atoms with Crippen LogP contribution in [0.1, 0.15) is 29.2 Å². The van der Waals surface area contributed by atoms with Crippen molar-refractivity contribution >= 4 is 32.6 Å². The van der Waals surface area contributed by atoms with E-state index in [0.717, 1.165) is 48.8 Å². The number of anilines is 1. The molecule has 1 fully saturated rings. The van der Waals surface area contributed by atoms with Gasteiger partial charge in [0.2, 0.25) is 5.91 Å². The lowest BCUT2D eigenvalue weighted by Crippen LogP contribution is -2.49. The van der Waals surface area contributed by atoms with Crippen LogP contribution in [0.25, 0.3) is 10.2 Å². The van der Waals surface area contributed by atoms with E-state index in [1.807, 2.05) is 4.90 Å². The topological polar surface area (TPSA) is 36.4 Å². The lowest BCUT2D eigenvalue weighted by molar-refractivity contribution is -0.130. The van der Waals surface area contributed by atoms with Gasteiger partial charge in [-0.15, -0.1) is 0 Å². The van der Waals surface area contributed by atoms with Crippen molar-refractivity contribution in [2.45, 2.75) is 33.6 Å². The number of rotatable bonds is 4. The summed E-state index contributed by atoms with van der Waals surface area (Å²) in [4.78, 5) is 21.9. The van der Waals surface area contributed by atoms with Crippen LogP contribution in [0.5, 0.6) is 0 Å². The van der Waals surface area contributed by atoms with Gasteiger partial charge in [0.25, 0.3) is 0 Å². The standard InChI is InChI=1S/C23H27N3OS/c1-4-18-6-8-20-21(14-18)28-23(24-20)26-11-9-25(10-12-26)22(27)15-19-7-5-16(2)13-17(19)3/h5-8,13-14H,4,9-12,15H2,1-3H3. The number of thiazole rings is 1. The van der Waals surface area contributed by atoms with Gasteiger partial charge in [-0.05, 0) is 49.1 Å². The first-order valence-corrected chi connectivity index (χ1v) is 10.8. The van der Waals surface area contributed by atoms with Crippen LogP contribution in [0.4, 0.5) is 5.13 Å².